The number of halogens is 3. The number of nitrogens with two attached hydrogens (primary N) is 1. The van der Waals surface area contributed by atoms with E-state index >= 15 is 0 Å². The smallest absolute Gasteiger partial charge is 0.393 e. The quantitative estimate of drug-likeness (QED) is 0.754. The summed E-state index contributed by atoms with van der Waals surface area (Å²) in [6.45, 7) is 4.52. The molecule has 0 bridgehead atoms. The summed E-state index contributed by atoms with van der Waals surface area (Å²) in [4.78, 5) is 0.283. The van der Waals surface area contributed by atoms with E-state index in [-0.39, 0.29) is 11.6 Å². The fourth-order valence-corrected chi connectivity index (χ4v) is 0.811. The lowest BCUT2D eigenvalue weighted by molar-refractivity contribution is -0.215. The second-order valence-corrected chi connectivity index (χ2v) is 4.49. The van der Waals surface area contributed by atoms with Crippen molar-refractivity contribution in [2.24, 2.45) is 11.1 Å². The Morgan fingerprint density at radius 1 is 1.40 bits per heavy atom. The van der Waals surface area contributed by atoms with Crippen LogP contribution >= 0.6 is 12.2 Å². The molecule has 0 aromatic carbocycles. The van der Waals surface area contributed by atoms with Crippen molar-refractivity contribution in [3.63, 3.8) is 0 Å². The van der Waals surface area contributed by atoms with Gasteiger partial charge in [-0.1, -0.05) is 26.1 Å². The maximum absolute atomic E-state index is 12.1. The maximum Gasteiger partial charge on any atom is 0.414 e. The minimum absolute atomic E-state index is 0.00891. The monoisotopic (exact) mass is 243 g/mol. The Morgan fingerprint density at radius 2 is 1.87 bits per heavy atom. The van der Waals surface area contributed by atoms with Crippen molar-refractivity contribution in [3.8, 4) is 0 Å². The second kappa shape index (κ2) is 5.12. The molecule has 1 atom stereocenters. The van der Waals surface area contributed by atoms with Crippen LogP contribution < -0.4 is 5.73 Å². The lowest BCUT2D eigenvalue weighted by Gasteiger charge is -2.24. The molecular weight excluding hydrogens is 227 g/mol. The van der Waals surface area contributed by atoms with E-state index in [1.165, 1.54) is 0 Å². The molecule has 2 N–H and O–H groups in total. The largest absolute Gasteiger partial charge is 0.414 e. The molecule has 0 radical (unpaired) electrons. The van der Waals surface area contributed by atoms with E-state index in [9.17, 15) is 13.2 Å². The van der Waals surface area contributed by atoms with Crippen molar-refractivity contribution in [1.29, 1.82) is 0 Å². The first-order chi connectivity index (χ1) is 6.57. The predicted molar refractivity (Wildman–Crippen MR) is 56.7 cm³/mol. The van der Waals surface area contributed by atoms with Gasteiger partial charge in [0.2, 0.25) is 0 Å². The van der Waals surface area contributed by atoms with Crippen molar-refractivity contribution in [2.45, 2.75) is 39.5 Å². The third-order valence-corrected chi connectivity index (χ3v) is 2.78. The van der Waals surface area contributed by atoms with Crippen LogP contribution in [0.5, 0.6) is 0 Å². The van der Waals surface area contributed by atoms with Gasteiger partial charge >= 0.3 is 6.18 Å². The Morgan fingerprint density at radius 3 is 2.20 bits per heavy atom. The Labute approximate surface area is 93.0 Å². The lowest BCUT2D eigenvalue weighted by atomic mass is 9.90. The molecule has 1 unspecified atom stereocenters. The first-order valence-electron chi connectivity index (χ1n) is 4.55. The van der Waals surface area contributed by atoms with Crippen LogP contribution in [0.25, 0.3) is 0 Å². The molecule has 0 aliphatic rings. The zero-order valence-corrected chi connectivity index (χ0v) is 9.84. The van der Waals surface area contributed by atoms with Crippen molar-refractivity contribution in [1.82, 2.24) is 0 Å². The molecule has 0 fully saturated rings. The van der Waals surface area contributed by atoms with Crippen molar-refractivity contribution < 1.29 is 17.9 Å². The molecule has 90 valence electrons. The zero-order valence-electron chi connectivity index (χ0n) is 9.02. The minimum Gasteiger partial charge on any atom is -0.393 e. The van der Waals surface area contributed by atoms with Crippen LogP contribution in [-0.2, 0) is 4.74 Å². The number of ether oxygens (including phenoxy) is 1. The van der Waals surface area contributed by atoms with Gasteiger partial charge in [0, 0.05) is 12.0 Å². The van der Waals surface area contributed by atoms with Gasteiger partial charge in [0.25, 0.3) is 0 Å². The van der Waals surface area contributed by atoms with Crippen LogP contribution in [0.3, 0.4) is 0 Å². The lowest BCUT2D eigenvalue weighted by Crippen LogP contribution is -2.33. The average molecular weight is 243 g/mol. The summed E-state index contributed by atoms with van der Waals surface area (Å²) in [5, 5.41) is 0. The summed E-state index contributed by atoms with van der Waals surface area (Å²) in [6.07, 6.45) is -5.68. The molecular formula is C9H16F3NOS. The summed E-state index contributed by atoms with van der Waals surface area (Å²) in [7, 11) is 0. The Kier molecular flexibility index (Phi) is 4.99. The van der Waals surface area contributed by atoms with E-state index in [2.05, 4.69) is 4.74 Å². The standard InChI is InChI=1S/C9H16F3NOS/c1-6(9(10,11)12)14-5-4-8(2,3)7(13)15/h6H,4-5H2,1-3H3,(H2,13,15). The van der Waals surface area contributed by atoms with Gasteiger partial charge < -0.3 is 10.5 Å². The Hall–Kier alpha value is -0.360. The van der Waals surface area contributed by atoms with Gasteiger partial charge in [-0.05, 0) is 13.3 Å². The van der Waals surface area contributed by atoms with Crippen molar-refractivity contribution >= 4 is 17.2 Å². The van der Waals surface area contributed by atoms with E-state index in [1.807, 2.05) is 0 Å². The number of hydrogen-bond acceptors (Lipinski definition) is 2. The number of thiocarbonyl (C=S) groups is 1. The van der Waals surface area contributed by atoms with Crippen LogP contribution in [0.1, 0.15) is 27.2 Å². The molecule has 0 saturated heterocycles. The van der Waals surface area contributed by atoms with Crippen molar-refractivity contribution in [2.75, 3.05) is 6.61 Å². The molecule has 0 aromatic heterocycles. The molecule has 0 heterocycles. The molecule has 6 heteroatoms. The highest BCUT2D eigenvalue weighted by Gasteiger charge is 2.37. The van der Waals surface area contributed by atoms with Gasteiger partial charge in [0.05, 0.1) is 4.99 Å². The van der Waals surface area contributed by atoms with Gasteiger partial charge in [-0.25, -0.2) is 0 Å². The highest BCUT2D eigenvalue weighted by molar-refractivity contribution is 7.80. The first kappa shape index (κ1) is 14.6. The molecule has 0 aliphatic carbocycles. The van der Waals surface area contributed by atoms with Crippen LogP contribution in [0.2, 0.25) is 0 Å². The number of hydrogen-bond donors (Lipinski definition) is 1. The predicted octanol–water partition coefficient (Wildman–Crippen LogP) is 2.66. The number of alkyl halides is 3. The maximum atomic E-state index is 12.1. The van der Waals surface area contributed by atoms with E-state index in [1.54, 1.807) is 13.8 Å². The van der Waals surface area contributed by atoms with Crippen LogP contribution in [0, 0.1) is 5.41 Å². The van der Waals surface area contributed by atoms with Crippen molar-refractivity contribution in [3.05, 3.63) is 0 Å². The number of rotatable bonds is 5. The minimum atomic E-state index is -4.31. The average Bonchev–Trinajstić information content (AvgIpc) is 2.01. The van der Waals surface area contributed by atoms with E-state index in [4.69, 9.17) is 18.0 Å². The van der Waals surface area contributed by atoms with Gasteiger partial charge in [-0.3, -0.25) is 0 Å². The van der Waals surface area contributed by atoms with Gasteiger partial charge in [-0.15, -0.1) is 0 Å². The highest BCUT2D eigenvalue weighted by Crippen LogP contribution is 2.25. The van der Waals surface area contributed by atoms with E-state index in [0.29, 0.717) is 6.42 Å². The summed E-state index contributed by atoms with van der Waals surface area (Å²) < 4.78 is 40.8. The summed E-state index contributed by atoms with van der Waals surface area (Å²) in [5.41, 5.74) is 4.95. The second-order valence-electron chi connectivity index (χ2n) is 4.05. The summed E-state index contributed by atoms with van der Waals surface area (Å²) >= 11 is 4.78. The van der Waals surface area contributed by atoms with E-state index in [0.717, 1.165) is 6.92 Å². The third-order valence-electron chi connectivity index (χ3n) is 2.22. The van der Waals surface area contributed by atoms with Gasteiger partial charge in [0.15, 0.2) is 6.10 Å². The molecule has 2 nitrogen and oxygen atoms in total. The molecule has 15 heavy (non-hydrogen) atoms. The van der Waals surface area contributed by atoms with Crippen LogP contribution in [-0.4, -0.2) is 23.9 Å². The molecule has 0 aromatic rings. The molecule has 0 aliphatic heterocycles. The fourth-order valence-electron chi connectivity index (χ4n) is 0.709. The van der Waals surface area contributed by atoms with Crippen LogP contribution in [0.4, 0.5) is 13.2 Å². The third kappa shape index (κ3) is 5.32. The molecule has 0 spiro atoms. The van der Waals surface area contributed by atoms with Gasteiger partial charge in [-0.2, -0.15) is 13.2 Å². The highest BCUT2D eigenvalue weighted by atomic mass is 32.1. The fraction of sp³-hybridized carbons (Fsp3) is 0.889. The topological polar surface area (TPSA) is 35.2 Å². The zero-order chi connectivity index (χ0) is 12.3. The SMILES string of the molecule is CC(OCCC(C)(C)C(N)=S)C(F)(F)F. The normalized spacial score (nSPS) is 15.1. The van der Waals surface area contributed by atoms with Gasteiger partial charge in [0.1, 0.15) is 0 Å². The molecule has 0 amide bonds. The molecule has 0 saturated carbocycles. The summed E-state index contributed by atoms with van der Waals surface area (Å²) in [5.74, 6) is 0. The Balaban J connectivity index is 3.95. The summed E-state index contributed by atoms with van der Waals surface area (Å²) in [6, 6.07) is 0. The Bertz CT molecular complexity index is 228. The first-order valence-corrected chi connectivity index (χ1v) is 4.96. The molecule has 0 rings (SSSR count). The van der Waals surface area contributed by atoms with Crippen LogP contribution in [0.15, 0.2) is 0 Å². The van der Waals surface area contributed by atoms with E-state index < -0.39 is 17.7 Å².